The molecule has 2 aliphatic heterocycles. The molecule has 0 radical (unpaired) electrons. The molecule has 0 unspecified atom stereocenters. The van der Waals surface area contributed by atoms with Crippen LogP contribution in [0, 0.1) is 5.82 Å². The van der Waals surface area contributed by atoms with Crippen LogP contribution in [0.1, 0.15) is 53.0 Å². The zero-order chi connectivity index (χ0) is 33.2. The van der Waals surface area contributed by atoms with Crippen LogP contribution in [-0.2, 0) is 6.18 Å². The van der Waals surface area contributed by atoms with Gasteiger partial charge in [0.1, 0.15) is 5.82 Å². The molecule has 0 aliphatic carbocycles. The summed E-state index contributed by atoms with van der Waals surface area (Å²) in [6.07, 6.45) is -2.03. The minimum atomic E-state index is -4.77. The number of nitrogens with zero attached hydrogens (tertiary/aromatic N) is 4. The first-order valence-electron chi connectivity index (χ1n) is 15.3. The number of rotatable bonds is 8. The number of nitrogens with one attached hydrogen (secondary N) is 1. The summed E-state index contributed by atoms with van der Waals surface area (Å²) in [6, 6.07) is 9.12. The van der Waals surface area contributed by atoms with E-state index < -0.39 is 41.0 Å². The van der Waals surface area contributed by atoms with E-state index in [1.165, 1.54) is 11.0 Å². The molecule has 46 heavy (non-hydrogen) atoms. The molecule has 1 N–H and O–H groups in total. The highest BCUT2D eigenvalue weighted by Crippen LogP contribution is 2.38. The van der Waals surface area contributed by atoms with E-state index in [9.17, 15) is 22.8 Å². The van der Waals surface area contributed by atoms with Gasteiger partial charge in [-0.05, 0) is 75.8 Å². The van der Waals surface area contributed by atoms with Gasteiger partial charge in [0.05, 0.1) is 29.0 Å². The van der Waals surface area contributed by atoms with Crippen LogP contribution in [0.5, 0.6) is 5.88 Å². The summed E-state index contributed by atoms with van der Waals surface area (Å²) in [5.74, 6) is -1.84. The number of likely N-dealkylation sites (tertiary alicyclic amines) is 1. The van der Waals surface area contributed by atoms with E-state index in [0.717, 1.165) is 25.1 Å². The molecule has 5 rings (SSSR count). The monoisotopic (exact) mass is 661 g/mol. The molecule has 2 aromatic carbocycles. The number of anilines is 1. The summed E-state index contributed by atoms with van der Waals surface area (Å²) in [7, 11) is 1.95. The standard InChI is InChI=1S/C33H36ClF4N5O3/c1-4-22-19-42(32(45)25-9-8-20(34)17-26(25)33(36,37)38)15-16-43(22)27-11-10-23(24-7-6-13-39-31(24)46-5-2)29(35)28(27)30(44)40-21-12-14-41(3)18-21/h6-11,13,17,21-22H,4-5,12,14-16,18-19H2,1-3H3,(H,40,44)/t21-,22-/m1/s1. The van der Waals surface area contributed by atoms with Crippen LogP contribution in [0.4, 0.5) is 23.2 Å². The van der Waals surface area contributed by atoms with E-state index in [4.69, 9.17) is 16.3 Å². The Morgan fingerprint density at radius 1 is 1.07 bits per heavy atom. The van der Waals surface area contributed by atoms with Gasteiger partial charge in [0, 0.05) is 60.6 Å². The fourth-order valence-corrected chi connectivity index (χ4v) is 6.37. The molecule has 3 aromatic rings. The molecule has 8 nitrogen and oxygen atoms in total. The maximum absolute atomic E-state index is 16.7. The maximum atomic E-state index is 16.7. The first-order chi connectivity index (χ1) is 21.9. The van der Waals surface area contributed by atoms with E-state index in [1.54, 1.807) is 37.4 Å². The van der Waals surface area contributed by atoms with Crippen LogP contribution in [-0.4, -0.2) is 85.1 Å². The van der Waals surface area contributed by atoms with E-state index >= 15 is 4.39 Å². The first-order valence-corrected chi connectivity index (χ1v) is 15.6. The van der Waals surface area contributed by atoms with Crippen LogP contribution in [0.2, 0.25) is 5.02 Å². The van der Waals surface area contributed by atoms with Gasteiger partial charge in [0.2, 0.25) is 5.88 Å². The Balaban J connectivity index is 1.50. The molecule has 2 amide bonds. The largest absolute Gasteiger partial charge is 0.478 e. The van der Waals surface area contributed by atoms with Gasteiger partial charge in [-0.3, -0.25) is 9.59 Å². The van der Waals surface area contributed by atoms with Gasteiger partial charge < -0.3 is 24.8 Å². The van der Waals surface area contributed by atoms with Crippen molar-refractivity contribution in [3.8, 4) is 17.0 Å². The molecule has 0 saturated carbocycles. The van der Waals surface area contributed by atoms with Crippen molar-refractivity contribution < 1.29 is 31.9 Å². The van der Waals surface area contributed by atoms with Crippen molar-refractivity contribution >= 4 is 29.1 Å². The number of likely N-dealkylation sites (N-methyl/N-ethyl adjacent to an activating group) is 1. The van der Waals surface area contributed by atoms with Gasteiger partial charge in [-0.1, -0.05) is 18.5 Å². The molecule has 2 fully saturated rings. The summed E-state index contributed by atoms with van der Waals surface area (Å²) >= 11 is 5.83. The van der Waals surface area contributed by atoms with Crippen molar-refractivity contribution in [1.82, 2.24) is 20.1 Å². The highest BCUT2D eigenvalue weighted by atomic mass is 35.5. The number of amides is 2. The Morgan fingerprint density at radius 2 is 1.85 bits per heavy atom. The fraction of sp³-hybridized carbons (Fsp3) is 0.424. The van der Waals surface area contributed by atoms with Crippen LogP contribution in [0.3, 0.4) is 0 Å². The van der Waals surface area contributed by atoms with Gasteiger partial charge >= 0.3 is 6.18 Å². The SMILES string of the molecule is CCOc1ncccc1-c1ccc(N2CCN(C(=O)c3ccc(Cl)cc3C(F)(F)F)C[C@H]2CC)c(C(=O)N[C@@H]2CCN(C)C2)c1F. The van der Waals surface area contributed by atoms with Gasteiger partial charge in [-0.25, -0.2) is 9.37 Å². The molecular formula is C33H36ClF4N5O3. The van der Waals surface area contributed by atoms with E-state index in [-0.39, 0.29) is 47.7 Å². The quantitative estimate of drug-likeness (QED) is 0.293. The second-order valence-electron chi connectivity index (χ2n) is 11.5. The Labute approximate surface area is 270 Å². The normalized spacial score (nSPS) is 19.0. The number of hydrogen-bond acceptors (Lipinski definition) is 6. The summed E-state index contributed by atoms with van der Waals surface area (Å²) in [5, 5.41) is 2.87. The number of halogens is 5. The second kappa shape index (κ2) is 13.8. The minimum Gasteiger partial charge on any atom is -0.478 e. The summed E-state index contributed by atoms with van der Waals surface area (Å²) in [4.78, 5) is 36.9. The van der Waals surface area contributed by atoms with Crippen molar-refractivity contribution in [3.63, 3.8) is 0 Å². The van der Waals surface area contributed by atoms with Crippen LogP contribution < -0.4 is 15.0 Å². The third-order valence-electron chi connectivity index (χ3n) is 8.48. The average Bonchev–Trinajstić information content (AvgIpc) is 3.44. The van der Waals surface area contributed by atoms with Crippen molar-refractivity contribution in [3.05, 3.63) is 76.2 Å². The van der Waals surface area contributed by atoms with Crippen molar-refractivity contribution in [2.24, 2.45) is 0 Å². The molecule has 2 atom stereocenters. The highest BCUT2D eigenvalue weighted by Gasteiger charge is 2.39. The Morgan fingerprint density at radius 3 is 2.52 bits per heavy atom. The van der Waals surface area contributed by atoms with Gasteiger partial charge in [-0.2, -0.15) is 13.2 Å². The molecule has 246 valence electrons. The summed E-state index contributed by atoms with van der Waals surface area (Å²) in [6.45, 7) is 5.71. The van der Waals surface area contributed by atoms with E-state index in [1.807, 2.05) is 18.9 Å². The lowest BCUT2D eigenvalue weighted by Crippen LogP contribution is -2.55. The van der Waals surface area contributed by atoms with Gasteiger partial charge in [-0.15, -0.1) is 0 Å². The molecule has 0 spiro atoms. The topological polar surface area (TPSA) is 78.0 Å². The van der Waals surface area contributed by atoms with Crippen molar-refractivity contribution in [2.75, 3.05) is 51.3 Å². The third-order valence-corrected chi connectivity index (χ3v) is 8.72. The third kappa shape index (κ3) is 6.92. The molecule has 2 saturated heterocycles. The molecule has 1 aromatic heterocycles. The number of hydrogen-bond donors (Lipinski definition) is 1. The Bertz CT molecular complexity index is 1600. The fourth-order valence-electron chi connectivity index (χ4n) is 6.20. The average molecular weight is 662 g/mol. The van der Waals surface area contributed by atoms with Crippen molar-refractivity contribution in [1.29, 1.82) is 0 Å². The predicted octanol–water partition coefficient (Wildman–Crippen LogP) is 6.13. The lowest BCUT2D eigenvalue weighted by Gasteiger charge is -2.43. The van der Waals surface area contributed by atoms with Crippen molar-refractivity contribution in [2.45, 2.75) is 44.9 Å². The number of carbonyl (C=O) groups is 2. The molecule has 3 heterocycles. The number of benzene rings is 2. The zero-order valence-corrected chi connectivity index (χ0v) is 26.6. The Kier molecular flexibility index (Phi) is 10.1. The lowest BCUT2D eigenvalue weighted by atomic mass is 9.97. The highest BCUT2D eigenvalue weighted by molar-refractivity contribution is 6.30. The molecular weight excluding hydrogens is 626 g/mol. The van der Waals surface area contributed by atoms with Crippen LogP contribution in [0.15, 0.2) is 48.7 Å². The summed E-state index contributed by atoms with van der Waals surface area (Å²) in [5.41, 5.74) is -0.843. The second-order valence-corrected chi connectivity index (χ2v) is 12.0. The number of aromatic nitrogens is 1. The van der Waals surface area contributed by atoms with Crippen LogP contribution >= 0.6 is 11.6 Å². The van der Waals surface area contributed by atoms with E-state index in [2.05, 4.69) is 15.2 Å². The molecule has 13 heteroatoms. The van der Waals surface area contributed by atoms with Crippen LogP contribution in [0.25, 0.3) is 11.1 Å². The number of alkyl halides is 3. The Hall–Kier alpha value is -3.90. The number of piperazine rings is 1. The predicted molar refractivity (Wildman–Crippen MR) is 168 cm³/mol. The minimum absolute atomic E-state index is 0.0597. The summed E-state index contributed by atoms with van der Waals surface area (Å²) < 4.78 is 63.7. The number of ether oxygens (including phenoxy) is 1. The number of carbonyl (C=O) groups excluding carboxylic acids is 2. The molecule has 2 aliphatic rings. The first kappa shape index (κ1) is 33.5. The molecule has 0 bridgehead atoms. The maximum Gasteiger partial charge on any atom is 0.417 e. The van der Waals surface area contributed by atoms with Gasteiger partial charge in [0.15, 0.2) is 0 Å². The van der Waals surface area contributed by atoms with E-state index in [0.29, 0.717) is 30.8 Å². The van der Waals surface area contributed by atoms with Gasteiger partial charge in [0.25, 0.3) is 11.8 Å². The zero-order valence-electron chi connectivity index (χ0n) is 25.8. The smallest absolute Gasteiger partial charge is 0.417 e. The number of pyridine rings is 1. The lowest BCUT2D eigenvalue weighted by molar-refractivity contribution is -0.138.